The molecule has 1 fully saturated rings. The summed E-state index contributed by atoms with van der Waals surface area (Å²) in [4.78, 5) is 24.8. The van der Waals surface area contributed by atoms with E-state index in [2.05, 4.69) is 6.92 Å². The summed E-state index contributed by atoms with van der Waals surface area (Å²) in [5, 5.41) is 8.62. The Kier molecular flexibility index (Phi) is 5.77. The van der Waals surface area contributed by atoms with Gasteiger partial charge in [-0.25, -0.2) is 4.79 Å². The lowest BCUT2D eigenvalue weighted by Gasteiger charge is -2.33. The fraction of sp³-hybridized carbons (Fsp3) is 0.500. The van der Waals surface area contributed by atoms with Gasteiger partial charge in [-0.1, -0.05) is 19.4 Å². The molecule has 0 radical (unpaired) electrons. The van der Waals surface area contributed by atoms with Crippen LogP contribution >= 0.6 is 0 Å². The lowest BCUT2D eigenvalue weighted by molar-refractivity contribution is -0.139. The number of hydrogen-bond donors (Lipinski definition) is 1. The summed E-state index contributed by atoms with van der Waals surface area (Å²) in [6.45, 7) is 3.37. The quantitative estimate of drug-likeness (QED) is 0.867. The Hall–Kier alpha value is -2.08. The van der Waals surface area contributed by atoms with Crippen molar-refractivity contribution in [2.75, 3.05) is 26.3 Å². The third kappa shape index (κ3) is 4.46. The second-order valence-electron chi connectivity index (χ2n) is 5.24. The maximum Gasteiger partial charge on any atom is 0.341 e. The van der Waals surface area contributed by atoms with E-state index in [4.69, 9.17) is 14.6 Å². The van der Waals surface area contributed by atoms with Gasteiger partial charge >= 0.3 is 5.97 Å². The first kappa shape index (κ1) is 16.3. The molecular formula is C16H21NO5. The van der Waals surface area contributed by atoms with Gasteiger partial charge in [-0.2, -0.15) is 0 Å². The highest BCUT2D eigenvalue weighted by atomic mass is 16.5. The summed E-state index contributed by atoms with van der Waals surface area (Å²) in [6.07, 6.45) is 2.05. The topological polar surface area (TPSA) is 76.1 Å². The zero-order valence-electron chi connectivity index (χ0n) is 12.7. The minimum absolute atomic E-state index is 0.0785. The Balaban J connectivity index is 2.02. The Labute approximate surface area is 129 Å². The first-order chi connectivity index (χ1) is 10.6. The molecule has 120 valence electrons. The van der Waals surface area contributed by atoms with E-state index in [9.17, 15) is 9.59 Å². The lowest BCUT2D eigenvalue weighted by atomic mass is 10.1. The molecular weight excluding hydrogens is 286 g/mol. The van der Waals surface area contributed by atoms with E-state index < -0.39 is 12.6 Å². The number of amides is 1. The van der Waals surface area contributed by atoms with Crippen LogP contribution in [-0.2, 0) is 9.53 Å². The monoisotopic (exact) mass is 307 g/mol. The molecule has 6 heteroatoms. The number of carboxylic acid groups (broad SMARTS) is 1. The molecule has 1 aromatic carbocycles. The molecule has 1 amide bonds. The normalized spacial score (nSPS) is 18.0. The summed E-state index contributed by atoms with van der Waals surface area (Å²) in [5.41, 5.74) is 0.500. The molecule has 1 atom stereocenters. The molecule has 22 heavy (non-hydrogen) atoms. The SMILES string of the molecule is CCCC1CN(C(=O)c2cccc(OCC(=O)O)c2)CCO1. The number of ether oxygens (including phenoxy) is 2. The molecule has 0 saturated carbocycles. The molecule has 0 bridgehead atoms. The molecule has 1 aliphatic heterocycles. The molecule has 1 heterocycles. The van der Waals surface area contributed by atoms with Crippen molar-refractivity contribution in [2.24, 2.45) is 0 Å². The number of carbonyl (C=O) groups is 2. The number of hydrogen-bond acceptors (Lipinski definition) is 4. The fourth-order valence-electron chi connectivity index (χ4n) is 2.45. The van der Waals surface area contributed by atoms with E-state index in [1.807, 2.05) is 0 Å². The number of rotatable bonds is 6. The van der Waals surface area contributed by atoms with E-state index >= 15 is 0 Å². The Morgan fingerprint density at radius 3 is 3.00 bits per heavy atom. The van der Waals surface area contributed by atoms with Gasteiger partial charge in [-0.15, -0.1) is 0 Å². The molecule has 0 spiro atoms. The van der Waals surface area contributed by atoms with Crippen LogP contribution in [0.1, 0.15) is 30.1 Å². The van der Waals surface area contributed by atoms with Gasteiger partial charge in [0.2, 0.25) is 0 Å². The lowest BCUT2D eigenvalue weighted by Crippen LogP contribution is -2.45. The van der Waals surface area contributed by atoms with E-state index in [-0.39, 0.29) is 12.0 Å². The van der Waals surface area contributed by atoms with Crippen LogP contribution in [0.2, 0.25) is 0 Å². The van der Waals surface area contributed by atoms with Crippen LogP contribution in [0.5, 0.6) is 5.75 Å². The van der Waals surface area contributed by atoms with Crippen LogP contribution in [0.25, 0.3) is 0 Å². The second kappa shape index (κ2) is 7.79. The first-order valence-corrected chi connectivity index (χ1v) is 7.45. The third-order valence-electron chi connectivity index (χ3n) is 3.48. The molecule has 1 saturated heterocycles. The molecule has 1 aliphatic rings. The third-order valence-corrected chi connectivity index (χ3v) is 3.48. The van der Waals surface area contributed by atoms with Crippen LogP contribution in [0.4, 0.5) is 0 Å². The fourth-order valence-corrected chi connectivity index (χ4v) is 2.45. The summed E-state index contributed by atoms with van der Waals surface area (Å²) in [7, 11) is 0. The highest BCUT2D eigenvalue weighted by Crippen LogP contribution is 2.17. The molecule has 2 rings (SSSR count). The van der Waals surface area contributed by atoms with Crippen LogP contribution < -0.4 is 4.74 Å². The van der Waals surface area contributed by atoms with Gasteiger partial charge in [0, 0.05) is 18.7 Å². The molecule has 6 nitrogen and oxygen atoms in total. The number of carbonyl (C=O) groups excluding carboxylic acids is 1. The van der Waals surface area contributed by atoms with Crippen LogP contribution in [0, 0.1) is 0 Å². The maximum atomic E-state index is 12.5. The van der Waals surface area contributed by atoms with Crippen molar-refractivity contribution in [3.8, 4) is 5.75 Å². The Morgan fingerprint density at radius 1 is 1.45 bits per heavy atom. The zero-order chi connectivity index (χ0) is 15.9. The minimum atomic E-state index is -1.05. The van der Waals surface area contributed by atoms with Crippen molar-refractivity contribution in [1.82, 2.24) is 4.90 Å². The minimum Gasteiger partial charge on any atom is -0.482 e. The number of nitrogens with zero attached hydrogens (tertiary/aromatic N) is 1. The molecule has 1 N–H and O–H groups in total. The van der Waals surface area contributed by atoms with Gasteiger partial charge in [0.15, 0.2) is 6.61 Å². The van der Waals surface area contributed by atoms with Crippen molar-refractivity contribution in [1.29, 1.82) is 0 Å². The van der Waals surface area contributed by atoms with Gasteiger partial charge in [-0.05, 0) is 24.6 Å². The van der Waals surface area contributed by atoms with Crippen molar-refractivity contribution in [3.63, 3.8) is 0 Å². The average molecular weight is 307 g/mol. The Morgan fingerprint density at radius 2 is 2.27 bits per heavy atom. The van der Waals surface area contributed by atoms with Crippen molar-refractivity contribution in [3.05, 3.63) is 29.8 Å². The van der Waals surface area contributed by atoms with E-state index in [1.165, 1.54) is 0 Å². The Bertz CT molecular complexity index is 529. The predicted molar refractivity (Wildman–Crippen MR) is 80.1 cm³/mol. The van der Waals surface area contributed by atoms with Crippen LogP contribution in [-0.4, -0.2) is 54.3 Å². The smallest absolute Gasteiger partial charge is 0.341 e. The molecule has 1 unspecified atom stereocenters. The zero-order valence-corrected chi connectivity index (χ0v) is 12.7. The van der Waals surface area contributed by atoms with Crippen molar-refractivity contribution in [2.45, 2.75) is 25.9 Å². The van der Waals surface area contributed by atoms with Crippen molar-refractivity contribution < 1.29 is 24.2 Å². The summed E-state index contributed by atoms with van der Waals surface area (Å²) < 4.78 is 10.7. The number of carboxylic acids is 1. The van der Waals surface area contributed by atoms with E-state index in [0.717, 1.165) is 12.8 Å². The van der Waals surface area contributed by atoms with Gasteiger partial charge in [0.1, 0.15) is 5.75 Å². The average Bonchev–Trinajstić information content (AvgIpc) is 2.53. The number of benzene rings is 1. The highest BCUT2D eigenvalue weighted by Gasteiger charge is 2.24. The van der Waals surface area contributed by atoms with E-state index in [0.29, 0.717) is 31.0 Å². The summed E-state index contributed by atoms with van der Waals surface area (Å²) in [5.74, 6) is -0.746. The molecule has 1 aromatic rings. The molecule has 0 aliphatic carbocycles. The highest BCUT2D eigenvalue weighted by molar-refractivity contribution is 5.94. The van der Waals surface area contributed by atoms with E-state index in [1.54, 1.807) is 29.2 Å². The van der Waals surface area contributed by atoms with Crippen molar-refractivity contribution >= 4 is 11.9 Å². The van der Waals surface area contributed by atoms with Gasteiger partial charge in [0.25, 0.3) is 5.91 Å². The predicted octanol–water partition coefficient (Wildman–Crippen LogP) is 1.79. The van der Waals surface area contributed by atoms with Crippen LogP contribution in [0.15, 0.2) is 24.3 Å². The largest absolute Gasteiger partial charge is 0.482 e. The summed E-state index contributed by atoms with van der Waals surface area (Å²) in [6, 6.07) is 6.61. The summed E-state index contributed by atoms with van der Waals surface area (Å²) >= 11 is 0. The van der Waals surface area contributed by atoms with Gasteiger partial charge < -0.3 is 19.5 Å². The van der Waals surface area contributed by atoms with Crippen LogP contribution in [0.3, 0.4) is 0 Å². The standard InChI is InChI=1S/C16H21NO5/c1-2-4-14-10-17(7-8-21-14)16(20)12-5-3-6-13(9-12)22-11-15(18)19/h3,5-6,9,14H,2,4,7-8,10-11H2,1H3,(H,18,19). The maximum absolute atomic E-state index is 12.5. The molecule has 0 aromatic heterocycles. The van der Waals surface area contributed by atoms with Gasteiger partial charge in [0.05, 0.1) is 12.7 Å². The first-order valence-electron chi connectivity index (χ1n) is 7.45. The number of morpholine rings is 1. The number of aliphatic carboxylic acids is 1. The second-order valence-corrected chi connectivity index (χ2v) is 5.24. The van der Waals surface area contributed by atoms with Gasteiger partial charge in [-0.3, -0.25) is 4.79 Å².